The smallest absolute Gasteiger partial charge is 0.253 e. The van der Waals surface area contributed by atoms with Gasteiger partial charge in [-0.1, -0.05) is 36.6 Å². The van der Waals surface area contributed by atoms with Crippen LogP contribution in [0.2, 0.25) is 0 Å². The largest absolute Gasteiger partial charge is 0.378 e. The zero-order valence-electron chi connectivity index (χ0n) is 27.4. The maximum absolute atomic E-state index is 13.1. The van der Waals surface area contributed by atoms with E-state index in [4.69, 9.17) is 0 Å². The molecule has 1 amide bonds. The molecule has 2 aliphatic rings. The Morgan fingerprint density at radius 3 is 2.31 bits per heavy atom. The van der Waals surface area contributed by atoms with Crippen molar-refractivity contribution >= 4 is 11.6 Å². The number of carbonyl (C=O) groups excluding carboxylic acids is 1. The first kappa shape index (κ1) is 31.9. The molecule has 45 heavy (non-hydrogen) atoms. The third-order valence-electron chi connectivity index (χ3n) is 9.33. The Labute approximate surface area is 266 Å². The van der Waals surface area contributed by atoms with Crippen LogP contribution in [0.15, 0.2) is 55.3 Å². The standard InChI is InChI=1S/C35H45N9O/c1-23(44-17-9-10-29(44)20-36)21-37-34(3,4)22-35(33-38-40-41-39-33)30-15-13-25(24(2)42(5)6)18-26(30)11-12-27-19-28(14-16-31(27)35)32(45)43(7)8/h13-16,18-19,29,37H,1-2,9-12,17,21-22H2,3-8H3,(H,38,39,40,41). The summed E-state index contributed by atoms with van der Waals surface area (Å²) >= 11 is 0. The molecule has 1 saturated heterocycles. The predicted molar refractivity (Wildman–Crippen MR) is 176 cm³/mol. The molecule has 5 rings (SSSR count). The Morgan fingerprint density at radius 1 is 1.09 bits per heavy atom. The number of aromatic amines is 1. The minimum Gasteiger partial charge on any atom is -0.378 e. The summed E-state index contributed by atoms with van der Waals surface area (Å²) in [6, 6.07) is 14.9. The number of nitrogens with one attached hydrogen (secondary N) is 2. The third kappa shape index (κ3) is 6.09. The number of aryl methyl sites for hydroxylation is 2. The lowest BCUT2D eigenvalue weighted by atomic mass is 9.65. The lowest BCUT2D eigenvalue weighted by molar-refractivity contribution is 0.0827. The van der Waals surface area contributed by atoms with Gasteiger partial charge >= 0.3 is 0 Å². The Morgan fingerprint density at radius 2 is 1.73 bits per heavy atom. The van der Waals surface area contributed by atoms with Gasteiger partial charge in [0.25, 0.3) is 5.91 Å². The number of fused-ring (bicyclic) bond motifs is 2. The summed E-state index contributed by atoms with van der Waals surface area (Å²) in [6.07, 6.45) is 4.00. The van der Waals surface area contributed by atoms with Crippen molar-refractivity contribution in [3.05, 3.63) is 94.5 Å². The van der Waals surface area contributed by atoms with Crippen molar-refractivity contribution in [2.24, 2.45) is 0 Å². The lowest BCUT2D eigenvalue weighted by Crippen LogP contribution is -2.49. The summed E-state index contributed by atoms with van der Waals surface area (Å²) in [5, 5.41) is 29.5. The van der Waals surface area contributed by atoms with Gasteiger partial charge in [0.1, 0.15) is 6.04 Å². The van der Waals surface area contributed by atoms with Crippen molar-refractivity contribution in [1.82, 2.24) is 40.6 Å². The molecule has 3 aromatic rings. The normalized spacial score (nSPS) is 19.2. The van der Waals surface area contributed by atoms with Crippen molar-refractivity contribution in [3.63, 3.8) is 0 Å². The van der Waals surface area contributed by atoms with Crippen molar-refractivity contribution in [2.75, 3.05) is 41.3 Å². The summed E-state index contributed by atoms with van der Waals surface area (Å²) in [7, 11) is 7.55. The lowest BCUT2D eigenvalue weighted by Gasteiger charge is -2.41. The highest BCUT2D eigenvalue weighted by Gasteiger charge is 2.48. The second-order valence-corrected chi connectivity index (χ2v) is 13.4. The van der Waals surface area contributed by atoms with Gasteiger partial charge in [0.2, 0.25) is 0 Å². The topological polar surface area (TPSA) is 117 Å². The minimum absolute atomic E-state index is 0.0348. The third-order valence-corrected chi connectivity index (χ3v) is 9.33. The van der Waals surface area contributed by atoms with Crippen LogP contribution < -0.4 is 5.32 Å². The van der Waals surface area contributed by atoms with Gasteiger partial charge in [-0.05, 0) is 92.0 Å². The molecule has 1 aromatic heterocycles. The number of carbonyl (C=O) groups is 1. The number of nitrogens with zero attached hydrogens (tertiary/aromatic N) is 7. The van der Waals surface area contributed by atoms with Crippen LogP contribution in [0.25, 0.3) is 5.70 Å². The van der Waals surface area contributed by atoms with Crippen LogP contribution >= 0.6 is 0 Å². The minimum atomic E-state index is -0.785. The summed E-state index contributed by atoms with van der Waals surface area (Å²) in [5.74, 6) is 0.544. The molecule has 2 atom stereocenters. The fourth-order valence-corrected chi connectivity index (χ4v) is 6.98. The van der Waals surface area contributed by atoms with E-state index in [9.17, 15) is 10.1 Å². The number of H-pyrrole nitrogens is 1. The predicted octanol–water partition coefficient (Wildman–Crippen LogP) is 4.13. The second-order valence-electron chi connectivity index (χ2n) is 13.4. The Hall–Kier alpha value is -4.49. The maximum Gasteiger partial charge on any atom is 0.253 e. The molecule has 236 valence electrons. The number of aromatic nitrogens is 4. The fourth-order valence-electron chi connectivity index (χ4n) is 6.98. The highest BCUT2D eigenvalue weighted by atomic mass is 16.2. The Bertz CT molecular complexity index is 1560. The molecular formula is C35H45N9O. The van der Waals surface area contributed by atoms with E-state index in [0.717, 1.165) is 65.9 Å². The van der Waals surface area contributed by atoms with Gasteiger partial charge < -0.3 is 20.0 Å². The summed E-state index contributed by atoms with van der Waals surface area (Å²) in [6.45, 7) is 14.4. The van der Waals surface area contributed by atoms with Crippen molar-refractivity contribution in [2.45, 2.75) is 62.9 Å². The van der Waals surface area contributed by atoms with Crippen molar-refractivity contribution in [3.8, 4) is 6.07 Å². The van der Waals surface area contributed by atoms with E-state index in [2.05, 4.69) is 88.2 Å². The number of hydrogen-bond acceptors (Lipinski definition) is 8. The van der Waals surface area contributed by atoms with Crippen LogP contribution in [0, 0.1) is 11.3 Å². The summed E-state index contributed by atoms with van der Waals surface area (Å²) in [4.78, 5) is 18.8. The van der Waals surface area contributed by atoms with E-state index in [1.54, 1.807) is 19.0 Å². The molecule has 2 heterocycles. The average Bonchev–Trinajstić information content (AvgIpc) is 3.72. The molecular weight excluding hydrogens is 562 g/mol. The molecule has 10 heteroatoms. The van der Waals surface area contributed by atoms with E-state index in [1.165, 1.54) is 5.56 Å². The zero-order valence-corrected chi connectivity index (χ0v) is 27.4. The van der Waals surface area contributed by atoms with Gasteiger partial charge in [0, 0.05) is 63.8 Å². The van der Waals surface area contributed by atoms with E-state index >= 15 is 0 Å². The van der Waals surface area contributed by atoms with Gasteiger partial charge in [0.15, 0.2) is 5.82 Å². The molecule has 0 radical (unpaired) electrons. The zero-order chi connectivity index (χ0) is 32.5. The van der Waals surface area contributed by atoms with Gasteiger partial charge in [-0.3, -0.25) is 4.79 Å². The van der Waals surface area contributed by atoms with Gasteiger partial charge in [-0.15, -0.1) is 10.2 Å². The SMILES string of the molecule is C=C(c1ccc2c(c1)CCc1cc(C(=O)N(C)C)ccc1C2(CC(C)(C)NCC(=C)N1CCCC1C#N)c1nn[nH]n1)N(C)C. The average molecular weight is 608 g/mol. The van der Waals surface area contributed by atoms with Crippen molar-refractivity contribution < 1.29 is 4.79 Å². The van der Waals surface area contributed by atoms with E-state index < -0.39 is 11.0 Å². The van der Waals surface area contributed by atoms with Crippen LogP contribution in [0.3, 0.4) is 0 Å². The molecule has 10 nitrogen and oxygen atoms in total. The maximum atomic E-state index is 13.1. The second kappa shape index (κ2) is 12.5. The Balaban J connectivity index is 1.64. The number of hydrogen-bond donors (Lipinski definition) is 2. The number of rotatable bonds is 10. The molecule has 1 fully saturated rings. The first-order valence-corrected chi connectivity index (χ1v) is 15.6. The fraction of sp³-hybridized carbons (Fsp3) is 0.457. The number of likely N-dealkylation sites (tertiary alicyclic amines) is 1. The molecule has 2 unspecified atom stereocenters. The van der Waals surface area contributed by atoms with Gasteiger partial charge in [0.05, 0.1) is 11.5 Å². The number of benzene rings is 2. The number of amides is 1. The highest BCUT2D eigenvalue weighted by Crippen LogP contribution is 2.48. The first-order chi connectivity index (χ1) is 21.4. The number of nitriles is 1. The Kier molecular flexibility index (Phi) is 8.86. The quantitative estimate of drug-likeness (QED) is 0.354. The van der Waals surface area contributed by atoms with Crippen LogP contribution in [-0.4, -0.2) is 94.1 Å². The van der Waals surface area contributed by atoms with Crippen molar-refractivity contribution in [1.29, 1.82) is 5.26 Å². The first-order valence-electron chi connectivity index (χ1n) is 15.6. The van der Waals surface area contributed by atoms with E-state index in [-0.39, 0.29) is 11.9 Å². The van der Waals surface area contributed by atoms with E-state index in [0.29, 0.717) is 24.4 Å². The van der Waals surface area contributed by atoms with Crippen LogP contribution in [0.4, 0.5) is 0 Å². The van der Waals surface area contributed by atoms with Crippen LogP contribution in [0.5, 0.6) is 0 Å². The molecule has 1 aliphatic heterocycles. The van der Waals surface area contributed by atoms with Crippen LogP contribution in [0.1, 0.15) is 77.1 Å². The molecule has 0 bridgehead atoms. The summed E-state index contributed by atoms with van der Waals surface area (Å²) < 4.78 is 0. The molecule has 2 N–H and O–H groups in total. The summed E-state index contributed by atoms with van der Waals surface area (Å²) in [5.41, 5.74) is 6.79. The molecule has 2 aromatic carbocycles. The number of tetrazole rings is 1. The van der Waals surface area contributed by atoms with Crippen LogP contribution in [-0.2, 0) is 18.3 Å². The molecule has 1 aliphatic carbocycles. The molecule has 0 spiro atoms. The van der Waals surface area contributed by atoms with Gasteiger partial charge in [-0.2, -0.15) is 10.5 Å². The van der Waals surface area contributed by atoms with E-state index in [1.807, 2.05) is 31.1 Å². The highest BCUT2D eigenvalue weighted by molar-refractivity contribution is 5.94. The van der Waals surface area contributed by atoms with Gasteiger partial charge in [-0.25, -0.2) is 0 Å². The molecule has 0 saturated carbocycles. The monoisotopic (exact) mass is 607 g/mol.